The van der Waals surface area contributed by atoms with Gasteiger partial charge in [-0.3, -0.25) is 14.5 Å². The van der Waals surface area contributed by atoms with Crippen molar-refractivity contribution >= 4 is 11.8 Å². The Kier molecular flexibility index (Phi) is 8.59. The van der Waals surface area contributed by atoms with Gasteiger partial charge in [-0.1, -0.05) is 31.9 Å². The average Bonchev–Trinajstić information content (AvgIpc) is 2.87. The molecule has 0 N–H and O–H groups in total. The van der Waals surface area contributed by atoms with Gasteiger partial charge in [0.2, 0.25) is 0 Å². The second-order valence-electron chi connectivity index (χ2n) is 5.85. The number of carbonyl (C=O) groups excluding carboxylic acids is 2. The summed E-state index contributed by atoms with van der Waals surface area (Å²) in [4.78, 5) is 25.5. The summed E-state index contributed by atoms with van der Waals surface area (Å²) in [6, 6.07) is 6.87. The zero-order valence-electron chi connectivity index (χ0n) is 14.9. The number of hydrogen-bond acceptors (Lipinski definition) is 5. The van der Waals surface area contributed by atoms with E-state index in [-0.39, 0.29) is 18.4 Å². The Labute approximate surface area is 149 Å². The van der Waals surface area contributed by atoms with Crippen LogP contribution >= 0.6 is 0 Å². The van der Waals surface area contributed by atoms with Gasteiger partial charge in [-0.15, -0.1) is 0 Å². The van der Waals surface area contributed by atoms with E-state index in [9.17, 15) is 9.59 Å². The van der Waals surface area contributed by atoms with Gasteiger partial charge in [0.1, 0.15) is 0 Å². The summed E-state index contributed by atoms with van der Waals surface area (Å²) in [7, 11) is 0. The molecule has 0 saturated carbocycles. The minimum absolute atomic E-state index is 0.249. The van der Waals surface area contributed by atoms with E-state index in [0.717, 1.165) is 13.0 Å². The van der Waals surface area contributed by atoms with Gasteiger partial charge < -0.3 is 14.2 Å². The molecule has 1 aliphatic heterocycles. The molecule has 1 heterocycles. The molecule has 1 aromatic rings. The maximum Gasteiger partial charge on any atom is 0.261 e. The monoisotopic (exact) mass is 349 g/mol. The third kappa shape index (κ3) is 5.92. The van der Waals surface area contributed by atoms with Crippen LogP contribution in [0.15, 0.2) is 24.3 Å². The lowest BCUT2D eigenvalue weighted by molar-refractivity contribution is 0.0106. The molecule has 0 aliphatic carbocycles. The van der Waals surface area contributed by atoms with Crippen LogP contribution in [0.2, 0.25) is 0 Å². The molecule has 6 nitrogen and oxygen atoms in total. The first kappa shape index (κ1) is 19.6. The molecule has 0 spiro atoms. The van der Waals surface area contributed by atoms with Crippen LogP contribution in [-0.2, 0) is 14.2 Å². The molecule has 0 atom stereocenters. The Morgan fingerprint density at radius 2 is 1.28 bits per heavy atom. The van der Waals surface area contributed by atoms with Gasteiger partial charge in [-0.2, -0.15) is 0 Å². The van der Waals surface area contributed by atoms with Crippen molar-refractivity contribution < 1.29 is 23.8 Å². The molecule has 6 heteroatoms. The summed E-state index contributed by atoms with van der Waals surface area (Å²) in [6.07, 6.45) is 3.48. The molecule has 0 radical (unpaired) electrons. The third-order valence-electron chi connectivity index (χ3n) is 3.97. The van der Waals surface area contributed by atoms with Crippen LogP contribution in [0.4, 0.5) is 0 Å². The van der Waals surface area contributed by atoms with E-state index < -0.39 is 0 Å². The lowest BCUT2D eigenvalue weighted by Crippen LogP contribution is -2.33. The fourth-order valence-corrected chi connectivity index (χ4v) is 2.59. The van der Waals surface area contributed by atoms with Crippen LogP contribution in [0.1, 0.15) is 46.9 Å². The molecule has 1 aliphatic rings. The van der Waals surface area contributed by atoms with Gasteiger partial charge in [0.05, 0.1) is 50.7 Å². The van der Waals surface area contributed by atoms with E-state index in [1.807, 2.05) is 0 Å². The number of carbonyl (C=O) groups is 2. The number of fused-ring (bicyclic) bond motifs is 1. The number of ether oxygens (including phenoxy) is 3. The standard InChI is InChI=1S/C19H27NO5/c1-2-3-6-10-23-12-14-25-15-13-24-11-9-20-18(21)16-7-4-5-8-17(16)19(20)22/h4-5,7-8H,2-3,6,9-15H2,1H3. The number of benzene rings is 1. The van der Waals surface area contributed by atoms with Gasteiger partial charge in [-0.05, 0) is 18.6 Å². The molecule has 0 aromatic heterocycles. The first-order chi connectivity index (χ1) is 12.3. The number of unbranched alkanes of at least 4 members (excludes halogenated alkanes) is 2. The summed E-state index contributed by atoms with van der Waals surface area (Å²) >= 11 is 0. The van der Waals surface area contributed by atoms with Gasteiger partial charge in [0.25, 0.3) is 11.8 Å². The molecule has 0 bridgehead atoms. The Balaban J connectivity index is 1.49. The second-order valence-corrected chi connectivity index (χ2v) is 5.85. The van der Waals surface area contributed by atoms with E-state index in [1.165, 1.54) is 17.7 Å². The highest BCUT2D eigenvalue weighted by Gasteiger charge is 2.34. The fraction of sp³-hybridized carbons (Fsp3) is 0.579. The van der Waals surface area contributed by atoms with Crippen LogP contribution in [0, 0.1) is 0 Å². The number of amides is 2. The summed E-state index contributed by atoms with van der Waals surface area (Å²) < 4.78 is 16.3. The van der Waals surface area contributed by atoms with Crippen molar-refractivity contribution in [2.45, 2.75) is 26.2 Å². The summed E-state index contributed by atoms with van der Waals surface area (Å²) in [5.41, 5.74) is 0.935. The zero-order valence-corrected chi connectivity index (χ0v) is 14.9. The number of rotatable bonds is 13. The van der Waals surface area contributed by atoms with Crippen molar-refractivity contribution in [3.8, 4) is 0 Å². The molecular formula is C19H27NO5. The third-order valence-corrected chi connectivity index (χ3v) is 3.97. The smallest absolute Gasteiger partial charge is 0.261 e. The number of hydrogen-bond donors (Lipinski definition) is 0. The Hall–Kier alpha value is -1.76. The summed E-state index contributed by atoms with van der Waals surface area (Å²) in [5, 5.41) is 0. The average molecular weight is 349 g/mol. The zero-order chi connectivity index (χ0) is 17.9. The van der Waals surface area contributed by atoms with Crippen LogP contribution in [0.3, 0.4) is 0 Å². The Morgan fingerprint density at radius 3 is 1.84 bits per heavy atom. The van der Waals surface area contributed by atoms with E-state index in [0.29, 0.717) is 44.2 Å². The molecule has 2 amide bonds. The maximum atomic E-state index is 12.2. The first-order valence-electron chi connectivity index (χ1n) is 8.94. The van der Waals surface area contributed by atoms with Crippen molar-refractivity contribution in [2.24, 2.45) is 0 Å². The van der Waals surface area contributed by atoms with Gasteiger partial charge >= 0.3 is 0 Å². The Morgan fingerprint density at radius 1 is 0.760 bits per heavy atom. The van der Waals surface area contributed by atoms with Crippen molar-refractivity contribution in [3.05, 3.63) is 35.4 Å². The van der Waals surface area contributed by atoms with Crippen LogP contribution < -0.4 is 0 Å². The molecule has 25 heavy (non-hydrogen) atoms. The predicted octanol–water partition coefficient (Wildman–Crippen LogP) is 2.52. The van der Waals surface area contributed by atoms with Crippen molar-refractivity contribution in [3.63, 3.8) is 0 Å². The van der Waals surface area contributed by atoms with Crippen LogP contribution in [0.5, 0.6) is 0 Å². The maximum absolute atomic E-state index is 12.2. The molecular weight excluding hydrogens is 322 g/mol. The predicted molar refractivity (Wildman–Crippen MR) is 93.8 cm³/mol. The summed E-state index contributed by atoms with van der Waals surface area (Å²) in [6.45, 7) is 5.56. The molecule has 0 fully saturated rings. The number of nitrogens with zero attached hydrogens (tertiary/aromatic N) is 1. The van der Waals surface area contributed by atoms with Crippen molar-refractivity contribution in [1.29, 1.82) is 0 Å². The molecule has 1 aromatic carbocycles. The highest BCUT2D eigenvalue weighted by Crippen LogP contribution is 2.21. The van der Waals surface area contributed by atoms with E-state index in [2.05, 4.69) is 6.92 Å². The van der Waals surface area contributed by atoms with E-state index >= 15 is 0 Å². The molecule has 2 rings (SSSR count). The minimum atomic E-state index is -0.249. The SMILES string of the molecule is CCCCCOCCOCCOCCN1C(=O)c2ccccc2C1=O. The van der Waals surface area contributed by atoms with E-state index in [1.54, 1.807) is 24.3 Å². The van der Waals surface area contributed by atoms with Gasteiger partial charge in [0.15, 0.2) is 0 Å². The van der Waals surface area contributed by atoms with Crippen molar-refractivity contribution in [2.75, 3.05) is 46.2 Å². The molecule has 0 unspecified atom stereocenters. The second kappa shape index (κ2) is 11.0. The quantitative estimate of drug-likeness (QED) is 0.404. The lowest BCUT2D eigenvalue weighted by atomic mass is 10.1. The first-order valence-corrected chi connectivity index (χ1v) is 8.94. The highest BCUT2D eigenvalue weighted by atomic mass is 16.5. The molecule has 0 saturated heterocycles. The largest absolute Gasteiger partial charge is 0.379 e. The van der Waals surface area contributed by atoms with E-state index in [4.69, 9.17) is 14.2 Å². The fourth-order valence-electron chi connectivity index (χ4n) is 2.59. The van der Waals surface area contributed by atoms with Crippen molar-refractivity contribution in [1.82, 2.24) is 4.90 Å². The van der Waals surface area contributed by atoms with Gasteiger partial charge in [-0.25, -0.2) is 0 Å². The summed E-state index contributed by atoms with van der Waals surface area (Å²) in [5.74, 6) is -0.499. The topological polar surface area (TPSA) is 65.1 Å². The Bertz CT molecular complexity index is 526. The number of imide groups is 1. The minimum Gasteiger partial charge on any atom is -0.379 e. The molecule has 138 valence electrons. The van der Waals surface area contributed by atoms with Gasteiger partial charge in [0, 0.05) is 6.61 Å². The normalized spacial score (nSPS) is 13.6. The van der Waals surface area contributed by atoms with Crippen LogP contribution in [-0.4, -0.2) is 62.9 Å². The highest BCUT2D eigenvalue weighted by molar-refractivity contribution is 6.21. The van der Waals surface area contributed by atoms with Crippen LogP contribution in [0.25, 0.3) is 0 Å². The lowest BCUT2D eigenvalue weighted by Gasteiger charge is -2.13.